The van der Waals surface area contributed by atoms with Crippen molar-refractivity contribution in [2.24, 2.45) is 0 Å². The summed E-state index contributed by atoms with van der Waals surface area (Å²) in [7, 11) is -1.30. The molecule has 0 radical (unpaired) electrons. The molecule has 0 aliphatic heterocycles. The van der Waals surface area contributed by atoms with E-state index in [0.717, 1.165) is 47.5 Å². The zero-order chi connectivity index (χ0) is 31.0. The van der Waals surface area contributed by atoms with Crippen molar-refractivity contribution in [3.63, 3.8) is 0 Å². The van der Waals surface area contributed by atoms with E-state index in [0.29, 0.717) is 11.5 Å². The number of benzene rings is 3. The fourth-order valence-corrected chi connectivity index (χ4v) is 6.77. The second-order valence-corrected chi connectivity index (χ2v) is 12.7. The number of para-hydroxylation sites is 2. The molecular weight excluding hydrogens is 566 g/mol. The first-order chi connectivity index (χ1) is 20.6. The Balaban J connectivity index is 1.71. The molecule has 0 bridgehead atoms. The molecule has 1 unspecified atom stereocenters. The average molecular weight is 608 g/mol. The van der Waals surface area contributed by atoms with Gasteiger partial charge in [0.2, 0.25) is 11.8 Å². The Morgan fingerprint density at radius 1 is 0.907 bits per heavy atom. The second-order valence-electron chi connectivity index (χ2n) is 10.8. The molecule has 9 nitrogen and oxygen atoms in total. The first kappa shape index (κ1) is 31.9. The lowest BCUT2D eigenvalue weighted by Crippen LogP contribution is -2.53. The molecule has 1 atom stereocenters. The van der Waals surface area contributed by atoms with Crippen molar-refractivity contribution in [3.8, 4) is 11.5 Å². The number of sulfonamides is 1. The van der Waals surface area contributed by atoms with Crippen LogP contribution in [0.25, 0.3) is 0 Å². The number of methoxy groups -OCH3 is 2. The van der Waals surface area contributed by atoms with Crippen LogP contribution >= 0.6 is 0 Å². The SMILES string of the molecule is COc1ccc(S(=O)(=O)N(CC(=O)N(Cc2ccccc2C)C(C)C(=O)NC2CCCCC2)c2ccccc2OC)cc1. The molecule has 0 aromatic heterocycles. The third kappa shape index (κ3) is 7.67. The van der Waals surface area contributed by atoms with Gasteiger partial charge in [-0.15, -0.1) is 0 Å². The maximum Gasteiger partial charge on any atom is 0.264 e. The number of ether oxygens (including phenoxy) is 2. The van der Waals surface area contributed by atoms with Gasteiger partial charge in [-0.3, -0.25) is 13.9 Å². The maximum absolute atomic E-state index is 14.2. The van der Waals surface area contributed by atoms with E-state index < -0.39 is 28.5 Å². The van der Waals surface area contributed by atoms with E-state index in [-0.39, 0.29) is 29.1 Å². The molecule has 1 aliphatic rings. The van der Waals surface area contributed by atoms with E-state index in [1.807, 2.05) is 31.2 Å². The largest absolute Gasteiger partial charge is 0.497 e. The Labute approximate surface area is 254 Å². The molecule has 1 aliphatic carbocycles. The van der Waals surface area contributed by atoms with Gasteiger partial charge in [0.1, 0.15) is 24.1 Å². The second kappa shape index (κ2) is 14.4. The van der Waals surface area contributed by atoms with Crippen LogP contribution in [0.4, 0.5) is 5.69 Å². The van der Waals surface area contributed by atoms with Crippen LogP contribution in [0, 0.1) is 6.92 Å². The van der Waals surface area contributed by atoms with E-state index >= 15 is 0 Å². The molecule has 230 valence electrons. The molecule has 1 N–H and O–H groups in total. The Hall–Kier alpha value is -4.05. The molecule has 0 heterocycles. The zero-order valence-electron chi connectivity index (χ0n) is 25.3. The molecule has 0 spiro atoms. The van der Waals surface area contributed by atoms with Crippen molar-refractivity contribution in [1.82, 2.24) is 10.2 Å². The van der Waals surface area contributed by atoms with Crippen LogP contribution in [-0.2, 0) is 26.2 Å². The Kier molecular flexibility index (Phi) is 10.7. The summed E-state index contributed by atoms with van der Waals surface area (Å²) in [6.07, 6.45) is 5.09. The van der Waals surface area contributed by atoms with Gasteiger partial charge >= 0.3 is 0 Å². The standard InChI is InChI=1S/C33H41N3O6S/c1-24-12-8-9-13-26(24)22-35(25(2)33(38)34-27-14-6-5-7-15-27)32(37)23-36(30-16-10-11-17-31(30)42-4)43(39,40)29-20-18-28(41-3)19-21-29/h8-13,16-21,25,27H,5-7,14-15,22-23H2,1-4H3,(H,34,38). The average Bonchev–Trinajstić information content (AvgIpc) is 3.03. The quantitative estimate of drug-likeness (QED) is 0.308. The molecule has 10 heteroatoms. The third-order valence-electron chi connectivity index (χ3n) is 8.00. The molecule has 3 aromatic carbocycles. The van der Waals surface area contributed by atoms with E-state index in [4.69, 9.17) is 9.47 Å². The van der Waals surface area contributed by atoms with Crippen LogP contribution in [0.3, 0.4) is 0 Å². The van der Waals surface area contributed by atoms with Gasteiger partial charge in [-0.2, -0.15) is 0 Å². The van der Waals surface area contributed by atoms with Gasteiger partial charge in [0, 0.05) is 12.6 Å². The van der Waals surface area contributed by atoms with E-state index in [1.54, 1.807) is 43.3 Å². The summed E-state index contributed by atoms with van der Waals surface area (Å²) in [6, 6.07) is 19.5. The highest BCUT2D eigenvalue weighted by molar-refractivity contribution is 7.92. The number of anilines is 1. The number of nitrogens with zero attached hydrogens (tertiary/aromatic N) is 2. The Morgan fingerprint density at radius 3 is 2.21 bits per heavy atom. The van der Waals surface area contributed by atoms with Gasteiger partial charge in [0.25, 0.3) is 10.0 Å². The highest BCUT2D eigenvalue weighted by atomic mass is 32.2. The number of rotatable bonds is 12. The van der Waals surface area contributed by atoms with Gasteiger partial charge in [-0.05, 0) is 74.2 Å². The minimum absolute atomic E-state index is 0.0134. The van der Waals surface area contributed by atoms with Crippen molar-refractivity contribution < 1.29 is 27.5 Å². The minimum atomic E-state index is -4.24. The number of hydrogen-bond acceptors (Lipinski definition) is 6. The van der Waals surface area contributed by atoms with Crippen molar-refractivity contribution in [3.05, 3.63) is 83.9 Å². The first-order valence-corrected chi connectivity index (χ1v) is 16.0. The molecule has 0 saturated heterocycles. The summed E-state index contributed by atoms with van der Waals surface area (Å²) in [4.78, 5) is 29.2. The number of carbonyl (C=O) groups excluding carboxylic acids is 2. The van der Waals surface area contributed by atoms with Crippen LogP contribution in [0.15, 0.2) is 77.7 Å². The molecular formula is C33H41N3O6S. The molecule has 2 amide bonds. The van der Waals surface area contributed by atoms with Crippen LogP contribution in [-0.4, -0.2) is 58.0 Å². The predicted molar refractivity (Wildman–Crippen MR) is 167 cm³/mol. The highest BCUT2D eigenvalue weighted by Crippen LogP contribution is 2.33. The lowest BCUT2D eigenvalue weighted by molar-refractivity contribution is -0.139. The number of carbonyl (C=O) groups is 2. The normalized spacial score (nSPS) is 14.4. The zero-order valence-corrected chi connectivity index (χ0v) is 26.1. The smallest absolute Gasteiger partial charge is 0.264 e. The van der Waals surface area contributed by atoms with Crippen LogP contribution in [0.2, 0.25) is 0 Å². The molecule has 4 rings (SSSR count). The van der Waals surface area contributed by atoms with E-state index in [1.165, 1.54) is 31.3 Å². The lowest BCUT2D eigenvalue weighted by Gasteiger charge is -2.33. The number of aryl methyl sites for hydroxylation is 1. The molecule has 1 fully saturated rings. The van der Waals surface area contributed by atoms with Gasteiger partial charge < -0.3 is 19.7 Å². The summed E-state index contributed by atoms with van der Waals surface area (Å²) >= 11 is 0. The van der Waals surface area contributed by atoms with Crippen LogP contribution in [0.1, 0.15) is 50.2 Å². The van der Waals surface area contributed by atoms with Gasteiger partial charge in [-0.25, -0.2) is 8.42 Å². The predicted octanol–water partition coefficient (Wildman–Crippen LogP) is 5.07. The third-order valence-corrected chi connectivity index (χ3v) is 9.77. The molecule has 1 saturated carbocycles. The highest BCUT2D eigenvalue weighted by Gasteiger charge is 2.34. The van der Waals surface area contributed by atoms with Gasteiger partial charge in [-0.1, -0.05) is 55.7 Å². The molecule has 43 heavy (non-hydrogen) atoms. The maximum atomic E-state index is 14.2. The summed E-state index contributed by atoms with van der Waals surface area (Å²) in [5.74, 6) is 0.0234. The van der Waals surface area contributed by atoms with Crippen LogP contribution in [0.5, 0.6) is 11.5 Å². The number of hydrogen-bond donors (Lipinski definition) is 1. The Morgan fingerprint density at radius 2 is 1.56 bits per heavy atom. The lowest BCUT2D eigenvalue weighted by atomic mass is 9.95. The summed E-state index contributed by atoms with van der Waals surface area (Å²) in [6.45, 7) is 3.24. The fraction of sp³-hybridized carbons (Fsp3) is 0.394. The summed E-state index contributed by atoms with van der Waals surface area (Å²) in [5.41, 5.74) is 2.05. The van der Waals surface area contributed by atoms with Crippen molar-refractivity contribution in [2.75, 3.05) is 25.1 Å². The minimum Gasteiger partial charge on any atom is -0.497 e. The van der Waals surface area contributed by atoms with Crippen molar-refractivity contribution in [2.45, 2.75) is 69.5 Å². The van der Waals surface area contributed by atoms with Crippen molar-refractivity contribution >= 4 is 27.5 Å². The monoisotopic (exact) mass is 607 g/mol. The summed E-state index contributed by atoms with van der Waals surface area (Å²) < 4.78 is 40.0. The first-order valence-electron chi connectivity index (χ1n) is 14.6. The van der Waals surface area contributed by atoms with Gasteiger partial charge in [0.15, 0.2) is 0 Å². The van der Waals surface area contributed by atoms with Crippen molar-refractivity contribution in [1.29, 1.82) is 0 Å². The Bertz CT molecular complexity index is 1500. The van der Waals surface area contributed by atoms with Crippen LogP contribution < -0.4 is 19.1 Å². The van der Waals surface area contributed by atoms with Gasteiger partial charge in [0.05, 0.1) is 24.8 Å². The number of nitrogens with one attached hydrogen (secondary N) is 1. The topological polar surface area (TPSA) is 105 Å². The van der Waals surface area contributed by atoms with E-state index in [2.05, 4.69) is 5.32 Å². The number of amides is 2. The fourth-order valence-electron chi connectivity index (χ4n) is 5.35. The summed E-state index contributed by atoms with van der Waals surface area (Å²) in [5, 5.41) is 3.13. The van der Waals surface area contributed by atoms with E-state index in [9.17, 15) is 18.0 Å². The molecule has 3 aromatic rings.